The molecule has 0 fully saturated rings. The maximum atomic E-state index is 8.16. The summed E-state index contributed by atoms with van der Waals surface area (Å²) in [5.41, 5.74) is 0.921. The van der Waals surface area contributed by atoms with Crippen LogP contribution in [0.15, 0.2) is 29.0 Å². The standard InChI is InChI=1S/C8H13NO/c1-3-5-6-8(4-2)7-9-10/h4-7,10H,3H2,1-2H3/b6-5-,8-4+,9-7+. The highest BCUT2D eigenvalue weighted by Crippen LogP contribution is 1.93. The van der Waals surface area contributed by atoms with Crippen LogP contribution in [0.25, 0.3) is 0 Å². The molecule has 0 aliphatic carbocycles. The Morgan fingerprint density at radius 1 is 1.60 bits per heavy atom. The van der Waals surface area contributed by atoms with E-state index in [4.69, 9.17) is 5.21 Å². The molecule has 2 heteroatoms. The maximum absolute atomic E-state index is 8.16. The topological polar surface area (TPSA) is 32.6 Å². The molecule has 0 saturated heterocycles. The van der Waals surface area contributed by atoms with Gasteiger partial charge in [0.2, 0.25) is 0 Å². The van der Waals surface area contributed by atoms with Crippen molar-refractivity contribution in [3.8, 4) is 0 Å². The number of oxime groups is 1. The minimum absolute atomic E-state index is 0.921. The number of rotatable bonds is 3. The van der Waals surface area contributed by atoms with Crippen molar-refractivity contribution in [1.29, 1.82) is 0 Å². The Hall–Kier alpha value is -1.05. The van der Waals surface area contributed by atoms with E-state index in [9.17, 15) is 0 Å². The summed E-state index contributed by atoms with van der Waals surface area (Å²) in [6.07, 6.45) is 8.21. The summed E-state index contributed by atoms with van der Waals surface area (Å²) in [6.45, 7) is 3.96. The second-order valence-corrected chi connectivity index (χ2v) is 1.84. The summed E-state index contributed by atoms with van der Waals surface area (Å²) in [5.74, 6) is 0. The summed E-state index contributed by atoms with van der Waals surface area (Å²) in [7, 11) is 0. The van der Waals surface area contributed by atoms with Gasteiger partial charge < -0.3 is 5.21 Å². The molecule has 2 nitrogen and oxygen atoms in total. The van der Waals surface area contributed by atoms with Crippen molar-refractivity contribution in [2.24, 2.45) is 5.16 Å². The van der Waals surface area contributed by atoms with Crippen LogP contribution >= 0.6 is 0 Å². The molecule has 0 rings (SSSR count). The second kappa shape index (κ2) is 6.08. The van der Waals surface area contributed by atoms with Crippen LogP contribution in [0.1, 0.15) is 20.3 Å². The molecular weight excluding hydrogens is 126 g/mol. The lowest BCUT2D eigenvalue weighted by atomic mass is 10.2. The summed E-state index contributed by atoms with van der Waals surface area (Å²) in [5, 5.41) is 11.1. The van der Waals surface area contributed by atoms with Gasteiger partial charge in [0.25, 0.3) is 0 Å². The van der Waals surface area contributed by atoms with E-state index in [1.807, 2.05) is 25.2 Å². The van der Waals surface area contributed by atoms with Gasteiger partial charge in [-0.25, -0.2) is 0 Å². The van der Waals surface area contributed by atoms with Crippen LogP contribution in [-0.4, -0.2) is 11.4 Å². The molecule has 0 aromatic heterocycles. The first-order valence-electron chi connectivity index (χ1n) is 3.35. The molecule has 0 amide bonds. The van der Waals surface area contributed by atoms with Crippen LogP contribution in [0.4, 0.5) is 0 Å². The molecule has 0 radical (unpaired) electrons. The van der Waals surface area contributed by atoms with Crippen molar-refractivity contribution in [3.63, 3.8) is 0 Å². The highest BCUT2D eigenvalue weighted by Gasteiger charge is 1.80. The Morgan fingerprint density at radius 3 is 2.70 bits per heavy atom. The Morgan fingerprint density at radius 2 is 2.30 bits per heavy atom. The fourth-order valence-electron chi connectivity index (χ4n) is 0.534. The summed E-state index contributed by atoms with van der Waals surface area (Å²) in [6, 6.07) is 0. The Labute approximate surface area is 61.6 Å². The van der Waals surface area contributed by atoms with Crippen LogP contribution in [0.3, 0.4) is 0 Å². The molecule has 0 unspecified atom stereocenters. The maximum Gasteiger partial charge on any atom is 0.0730 e. The van der Waals surface area contributed by atoms with E-state index in [1.165, 1.54) is 6.21 Å². The van der Waals surface area contributed by atoms with E-state index in [0.717, 1.165) is 12.0 Å². The molecule has 56 valence electrons. The number of nitrogens with zero attached hydrogens (tertiary/aromatic N) is 1. The van der Waals surface area contributed by atoms with Crippen molar-refractivity contribution >= 4 is 6.21 Å². The quantitative estimate of drug-likeness (QED) is 0.277. The van der Waals surface area contributed by atoms with Gasteiger partial charge in [-0.05, 0) is 18.9 Å². The van der Waals surface area contributed by atoms with Gasteiger partial charge in [0.05, 0.1) is 6.21 Å². The number of hydrogen-bond acceptors (Lipinski definition) is 2. The largest absolute Gasteiger partial charge is 0.411 e. The van der Waals surface area contributed by atoms with Crippen molar-refractivity contribution in [2.45, 2.75) is 20.3 Å². The zero-order chi connectivity index (χ0) is 7.82. The van der Waals surface area contributed by atoms with Crippen LogP contribution < -0.4 is 0 Å². The van der Waals surface area contributed by atoms with Gasteiger partial charge >= 0.3 is 0 Å². The van der Waals surface area contributed by atoms with E-state index >= 15 is 0 Å². The van der Waals surface area contributed by atoms with Gasteiger partial charge in [-0.1, -0.05) is 30.3 Å². The predicted molar refractivity (Wildman–Crippen MR) is 43.5 cm³/mol. The first-order chi connectivity index (χ1) is 4.85. The molecule has 0 bridgehead atoms. The Kier molecular flexibility index (Phi) is 5.44. The molecule has 0 atom stereocenters. The zero-order valence-electron chi connectivity index (χ0n) is 6.41. The van der Waals surface area contributed by atoms with Gasteiger partial charge in [0, 0.05) is 0 Å². The van der Waals surface area contributed by atoms with Gasteiger partial charge in [-0.3, -0.25) is 0 Å². The molecule has 10 heavy (non-hydrogen) atoms. The highest BCUT2D eigenvalue weighted by molar-refractivity contribution is 5.81. The van der Waals surface area contributed by atoms with Crippen molar-refractivity contribution in [2.75, 3.05) is 0 Å². The molecule has 0 aromatic rings. The zero-order valence-corrected chi connectivity index (χ0v) is 6.41. The lowest BCUT2D eigenvalue weighted by Crippen LogP contribution is -1.77. The van der Waals surface area contributed by atoms with Crippen LogP contribution in [0.5, 0.6) is 0 Å². The fraction of sp³-hybridized carbons (Fsp3) is 0.375. The molecule has 0 saturated carbocycles. The Bertz CT molecular complexity index is 157. The monoisotopic (exact) mass is 139 g/mol. The van der Waals surface area contributed by atoms with Gasteiger partial charge in [-0.15, -0.1) is 0 Å². The van der Waals surface area contributed by atoms with Crippen molar-refractivity contribution in [1.82, 2.24) is 0 Å². The number of allylic oxidation sites excluding steroid dienone is 4. The van der Waals surface area contributed by atoms with Crippen molar-refractivity contribution in [3.05, 3.63) is 23.8 Å². The van der Waals surface area contributed by atoms with Gasteiger partial charge in [0.15, 0.2) is 0 Å². The molecule has 1 N–H and O–H groups in total. The average Bonchev–Trinajstić information content (AvgIpc) is 1.98. The Balaban J connectivity index is 3.97. The predicted octanol–water partition coefficient (Wildman–Crippen LogP) is 2.36. The second-order valence-electron chi connectivity index (χ2n) is 1.84. The van der Waals surface area contributed by atoms with Gasteiger partial charge in [0.1, 0.15) is 0 Å². The van der Waals surface area contributed by atoms with E-state index in [0.29, 0.717) is 0 Å². The summed E-state index contributed by atoms with van der Waals surface area (Å²) >= 11 is 0. The number of hydrogen-bond donors (Lipinski definition) is 1. The van der Waals surface area contributed by atoms with Gasteiger partial charge in [-0.2, -0.15) is 0 Å². The third-order valence-corrected chi connectivity index (χ3v) is 1.09. The van der Waals surface area contributed by atoms with E-state index in [1.54, 1.807) is 0 Å². The van der Waals surface area contributed by atoms with E-state index in [-0.39, 0.29) is 0 Å². The molecule has 0 aromatic carbocycles. The first-order valence-corrected chi connectivity index (χ1v) is 3.35. The van der Waals surface area contributed by atoms with E-state index in [2.05, 4.69) is 12.1 Å². The summed E-state index contributed by atoms with van der Waals surface area (Å²) in [4.78, 5) is 0. The van der Waals surface area contributed by atoms with Crippen molar-refractivity contribution < 1.29 is 5.21 Å². The lowest BCUT2D eigenvalue weighted by Gasteiger charge is -1.86. The third kappa shape index (κ3) is 3.89. The van der Waals surface area contributed by atoms with Crippen LogP contribution in [0, 0.1) is 0 Å². The first kappa shape index (κ1) is 8.95. The molecule has 0 heterocycles. The minimum Gasteiger partial charge on any atom is -0.411 e. The SMILES string of the molecule is C/C=C(\C=C/CC)/C=N/O. The fourth-order valence-corrected chi connectivity index (χ4v) is 0.534. The normalized spacial score (nSPS) is 13.6. The molecule has 0 spiro atoms. The highest BCUT2D eigenvalue weighted by atomic mass is 16.4. The summed E-state index contributed by atoms with van der Waals surface area (Å²) < 4.78 is 0. The minimum atomic E-state index is 0.921. The smallest absolute Gasteiger partial charge is 0.0730 e. The lowest BCUT2D eigenvalue weighted by molar-refractivity contribution is 0.322. The molecule has 0 aliphatic heterocycles. The molecular formula is C8H13NO. The molecule has 0 aliphatic rings. The average molecular weight is 139 g/mol. The van der Waals surface area contributed by atoms with Crippen LogP contribution in [-0.2, 0) is 0 Å². The van der Waals surface area contributed by atoms with Crippen LogP contribution in [0.2, 0.25) is 0 Å². The third-order valence-electron chi connectivity index (χ3n) is 1.09. The van der Waals surface area contributed by atoms with E-state index < -0.39 is 0 Å².